The summed E-state index contributed by atoms with van der Waals surface area (Å²) in [5.41, 5.74) is 0. The molecule has 24 heavy (non-hydrogen) atoms. The molecule has 0 amide bonds. The van der Waals surface area contributed by atoms with Crippen molar-refractivity contribution in [3.63, 3.8) is 0 Å². The molecule has 0 spiro atoms. The van der Waals surface area contributed by atoms with Crippen LogP contribution >= 0.6 is 0 Å². The average Bonchev–Trinajstić information content (AvgIpc) is 2.63. The Morgan fingerprint density at radius 2 is 1.58 bits per heavy atom. The number of hydrogen-bond donors (Lipinski definition) is 0. The molecule has 1 heterocycles. The Hall–Kier alpha value is -0.600. The van der Waals surface area contributed by atoms with Gasteiger partial charge in [-0.3, -0.25) is 0 Å². The number of allylic oxidation sites excluding steroid dienone is 1. The molecule has 1 aliphatic heterocycles. The van der Waals surface area contributed by atoms with Crippen LogP contribution in [0.2, 0.25) is 0 Å². The van der Waals surface area contributed by atoms with Crippen molar-refractivity contribution in [2.45, 2.75) is 83.7 Å². The Balaban J connectivity index is 2.10. The van der Waals surface area contributed by atoms with E-state index in [0.717, 1.165) is 13.0 Å². The smallest absolute Gasteiger partial charge is 0.0872 e. The van der Waals surface area contributed by atoms with E-state index < -0.39 is 0 Å². The summed E-state index contributed by atoms with van der Waals surface area (Å²) in [6, 6.07) is 0. The Morgan fingerprint density at radius 3 is 2.12 bits per heavy atom. The molecule has 0 aromatic rings. The molecule has 1 saturated heterocycles. The largest absolute Gasteiger partial charge is 0.376 e. The third-order valence-electron chi connectivity index (χ3n) is 5.21. The number of rotatable bonds is 15. The molecule has 1 fully saturated rings. The van der Waals surface area contributed by atoms with Gasteiger partial charge < -0.3 is 9.47 Å². The number of ether oxygens (including phenoxy) is 2. The SMILES string of the molecule is C=CC(CCCCCCCCCCC)CC(C=C)C1COCCO1. The summed E-state index contributed by atoms with van der Waals surface area (Å²) in [6.45, 7) is 12.5. The minimum atomic E-state index is 0.182. The minimum Gasteiger partial charge on any atom is -0.376 e. The first-order valence-corrected chi connectivity index (χ1v) is 10.3. The maximum atomic E-state index is 5.84. The van der Waals surface area contributed by atoms with E-state index in [1.54, 1.807) is 0 Å². The molecule has 0 aromatic carbocycles. The van der Waals surface area contributed by atoms with Gasteiger partial charge in [-0.15, -0.1) is 13.2 Å². The number of unbranched alkanes of at least 4 members (excludes halogenated alkanes) is 8. The van der Waals surface area contributed by atoms with Crippen LogP contribution in [0.3, 0.4) is 0 Å². The minimum absolute atomic E-state index is 0.182. The standard InChI is InChI=1S/C22H40O2/c1-4-7-8-9-10-11-12-13-14-15-20(5-2)18-21(6-3)22-19-23-16-17-24-22/h5-6,20-22H,2-4,7-19H2,1H3. The molecule has 2 nitrogen and oxygen atoms in total. The van der Waals surface area contributed by atoms with E-state index in [-0.39, 0.29) is 6.10 Å². The van der Waals surface area contributed by atoms with Crippen LogP contribution in [0.1, 0.15) is 77.6 Å². The van der Waals surface area contributed by atoms with Gasteiger partial charge in [0.15, 0.2) is 0 Å². The molecular weight excluding hydrogens is 296 g/mol. The first-order valence-electron chi connectivity index (χ1n) is 10.3. The van der Waals surface area contributed by atoms with Crippen LogP contribution < -0.4 is 0 Å². The van der Waals surface area contributed by atoms with Crippen LogP contribution in [0, 0.1) is 11.8 Å². The summed E-state index contributed by atoms with van der Waals surface area (Å²) in [6.07, 6.45) is 19.2. The van der Waals surface area contributed by atoms with Gasteiger partial charge in [0.05, 0.1) is 25.9 Å². The highest BCUT2D eigenvalue weighted by Gasteiger charge is 2.24. The first kappa shape index (κ1) is 21.4. The molecule has 0 radical (unpaired) electrons. The van der Waals surface area contributed by atoms with Crippen LogP contribution in [0.5, 0.6) is 0 Å². The normalized spacial score (nSPS) is 20.5. The second-order valence-electron chi connectivity index (χ2n) is 7.23. The molecular formula is C22H40O2. The van der Waals surface area contributed by atoms with Crippen LogP contribution in [0.25, 0.3) is 0 Å². The Kier molecular flexibility index (Phi) is 13.2. The molecule has 1 aliphatic rings. The number of hydrogen-bond acceptors (Lipinski definition) is 2. The van der Waals surface area contributed by atoms with E-state index in [2.05, 4.69) is 26.2 Å². The fraction of sp³-hybridized carbons (Fsp3) is 0.818. The zero-order valence-electron chi connectivity index (χ0n) is 16.0. The summed E-state index contributed by atoms with van der Waals surface area (Å²) in [4.78, 5) is 0. The van der Waals surface area contributed by atoms with Gasteiger partial charge in [0.1, 0.15) is 0 Å². The van der Waals surface area contributed by atoms with Gasteiger partial charge in [0, 0.05) is 5.92 Å². The predicted molar refractivity (Wildman–Crippen MR) is 104 cm³/mol. The lowest BCUT2D eigenvalue weighted by molar-refractivity contribution is -0.105. The van der Waals surface area contributed by atoms with Gasteiger partial charge in [-0.05, 0) is 18.8 Å². The van der Waals surface area contributed by atoms with Crippen molar-refractivity contribution in [3.8, 4) is 0 Å². The highest BCUT2D eigenvalue weighted by molar-refractivity contribution is 4.91. The van der Waals surface area contributed by atoms with E-state index in [4.69, 9.17) is 9.47 Å². The fourth-order valence-electron chi connectivity index (χ4n) is 3.55. The van der Waals surface area contributed by atoms with E-state index in [1.807, 2.05) is 6.08 Å². The average molecular weight is 337 g/mol. The Morgan fingerprint density at radius 1 is 0.917 bits per heavy atom. The maximum absolute atomic E-state index is 5.84. The lowest BCUT2D eigenvalue weighted by atomic mass is 9.87. The summed E-state index contributed by atoms with van der Waals surface area (Å²) < 4.78 is 11.4. The van der Waals surface area contributed by atoms with Crippen molar-refractivity contribution < 1.29 is 9.47 Å². The summed E-state index contributed by atoms with van der Waals surface area (Å²) in [5.74, 6) is 0.954. The van der Waals surface area contributed by atoms with Gasteiger partial charge in [0.25, 0.3) is 0 Å². The first-order chi connectivity index (χ1) is 11.8. The summed E-state index contributed by atoms with van der Waals surface area (Å²) in [5, 5.41) is 0. The van der Waals surface area contributed by atoms with E-state index in [1.165, 1.54) is 64.2 Å². The molecule has 3 unspecified atom stereocenters. The van der Waals surface area contributed by atoms with Crippen LogP contribution in [-0.2, 0) is 9.47 Å². The molecule has 0 aromatic heterocycles. The third kappa shape index (κ3) is 9.64. The van der Waals surface area contributed by atoms with Crippen molar-refractivity contribution in [3.05, 3.63) is 25.3 Å². The van der Waals surface area contributed by atoms with E-state index in [9.17, 15) is 0 Å². The molecule has 0 bridgehead atoms. The Labute approximate surface area is 150 Å². The van der Waals surface area contributed by atoms with Crippen LogP contribution in [-0.4, -0.2) is 25.9 Å². The molecule has 0 N–H and O–H groups in total. The lowest BCUT2D eigenvalue weighted by Crippen LogP contribution is -2.35. The predicted octanol–water partition coefficient (Wildman–Crippen LogP) is 6.32. The highest BCUT2D eigenvalue weighted by atomic mass is 16.6. The molecule has 1 rings (SSSR count). The van der Waals surface area contributed by atoms with Crippen molar-refractivity contribution in [1.29, 1.82) is 0 Å². The molecule has 140 valence electrons. The second-order valence-corrected chi connectivity index (χ2v) is 7.23. The molecule has 0 aliphatic carbocycles. The van der Waals surface area contributed by atoms with Crippen molar-refractivity contribution >= 4 is 0 Å². The summed E-state index contributed by atoms with van der Waals surface area (Å²) >= 11 is 0. The van der Waals surface area contributed by atoms with E-state index in [0.29, 0.717) is 25.0 Å². The Bertz CT molecular complexity index is 307. The summed E-state index contributed by atoms with van der Waals surface area (Å²) in [7, 11) is 0. The quantitative estimate of drug-likeness (QED) is 0.257. The van der Waals surface area contributed by atoms with Gasteiger partial charge in [-0.2, -0.15) is 0 Å². The van der Waals surface area contributed by atoms with E-state index >= 15 is 0 Å². The van der Waals surface area contributed by atoms with Gasteiger partial charge in [0.2, 0.25) is 0 Å². The van der Waals surface area contributed by atoms with Gasteiger partial charge in [-0.1, -0.05) is 76.9 Å². The molecule has 0 saturated carbocycles. The molecule has 2 heteroatoms. The van der Waals surface area contributed by atoms with Gasteiger partial charge >= 0.3 is 0 Å². The topological polar surface area (TPSA) is 18.5 Å². The highest BCUT2D eigenvalue weighted by Crippen LogP contribution is 2.26. The zero-order valence-corrected chi connectivity index (χ0v) is 16.0. The van der Waals surface area contributed by atoms with Gasteiger partial charge in [-0.25, -0.2) is 0 Å². The monoisotopic (exact) mass is 336 g/mol. The van der Waals surface area contributed by atoms with Crippen LogP contribution in [0.15, 0.2) is 25.3 Å². The second kappa shape index (κ2) is 14.7. The third-order valence-corrected chi connectivity index (χ3v) is 5.21. The van der Waals surface area contributed by atoms with Crippen molar-refractivity contribution in [2.24, 2.45) is 11.8 Å². The fourth-order valence-corrected chi connectivity index (χ4v) is 3.55. The van der Waals surface area contributed by atoms with Crippen LogP contribution in [0.4, 0.5) is 0 Å². The van der Waals surface area contributed by atoms with Crippen molar-refractivity contribution in [1.82, 2.24) is 0 Å². The molecule has 3 atom stereocenters. The lowest BCUT2D eigenvalue weighted by Gasteiger charge is -2.30. The zero-order chi connectivity index (χ0) is 17.5. The van der Waals surface area contributed by atoms with Crippen molar-refractivity contribution in [2.75, 3.05) is 19.8 Å². The maximum Gasteiger partial charge on any atom is 0.0872 e.